The first-order chi connectivity index (χ1) is 10.1. The second-order valence-electron chi connectivity index (χ2n) is 4.23. The summed E-state index contributed by atoms with van der Waals surface area (Å²) < 4.78 is 6.28. The van der Waals surface area contributed by atoms with Crippen LogP contribution in [0.25, 0.3) is 0 Å². The normalized spacial score (nSPS) is 10.2. The number of para-hydroxylation sites is 1. The zero-order valence-corrected chi connectivity index (χ0v) is 13.3. The Hall–Kier alpha value is -1.56. The number of aliphatic hydroxyl groups excluding tert-OH is 1. The Bertz CT molecular complexity index is 649. The third-order valence-electron chi connectivity index (χ3n) is 2.67. The van der Waals surface area contributed by atoms with E-state index in [9.17, 15) is 9.90 Å². The zero-order chi connectivity index (χ0) is 15.2. The van der Waals surface area contributed by atoms with Crippen LogP contribution in [0, 0.1) is 0 Å². The first-order valence-corrected chi connectivity index (χ1v) is 7.33. The Kier molecular flexibility index (Phi) is 5.61. The van der Waals surface area contributed by atoms with E-state index in [1.807, 2.05) is 12.1 Å². The van der Waals surface area contributed by atoms with E-state index in [4.69, 9.17) is 16.3 Å². The molecule has 0 unspecified atom stereocenters. The molecule has 0 aliphatic carbocycles. The Morgan fingerprint density at radius 2 is 2.05 bits per heavy atom. The van der Waals surface area contributed by atoms with Gasteiger partial charge in [0.15, 0.2) is 6.61 Å². The summed E-state index contributed by atoms with van der Waals surface area (Å²) in [6.45, 7) is -0.396. The number of hydrogen-bond donors (Lipinski definition) is 2. The highest BCUT2D eigenvalue weighted by Gasteiger charge is 2.10. The summed E-state index contributed by atoms with van der Waals surface area (Å²) in [7, 11) is 0. The van der Waals surface area contributed by atoms with E-state index >= 15 is 0 Å². The Balaban J connectivity index is 1.99. The molecule has 2 aromatic carbocycles. The lowest BCUT2D eigenvalue weighted by molar-refractivity contribution is -0.118. The Morgan fingerprint density at radius 3 is 2.76 bits per heavy atom. The van der Waals surface area contributed by atoms with E-state index in [1.54, 1.807) is 30.3 Å². The molecular weight excluding hydrogens is 358 g/mol. The predicted octanol–water partition coefficient (Wildman–Crippen LogP) is 3.61. The fourth-order valence-corrected chi connectivity index (χ4v) is 2.39. The molecule has 2 aromatic rings. The SMILES string of the molecule is O=C(COc1c(Cl)cccc1CO)Nc1cccc(Br)c1. The smallest absolute Gasteiger partial charge is 0.262 e. The number of carbonyl (C=O) groups excluding carboxylic acids is 1. The van der Waals surface area contributed by atoms with Gasteiger partial charge in [0.2, 0.25) is 0 Å². The summed E-state index contributed by atoms with van der Waals surface area (Å²) in [4.78, 5) is 11.9. The van der Waals surface area contributed by atoms with Crippen molar-refractivity contribution in [1.82, 2.24) is 0 Å². The minimum atomic E-state index is -0.308. The van der Waals surface area contributed by atoms with Crippen LogP contribution in [0.2, 0.25) is 5.02 Å². The van der Waals surface area contributed by atoms with Crippen molar-refractivity contribution >= 4 is 39.1 Å². The number of carbonyl (C=O) groups is 1. The molecule has 2 rings (SSSR count). The predicted molar refractivity (Wildman–Crippen MR) is 85.6 cm³/mol. The minimum absolute atomic E-state index is 0.191. The van der Waals surface area contributed by atoms with Crippen molar-refractivity contribution in [1.29, 1.82) is 0 Å². The van der Waals surface area contributed by atoms with Gasteiger partial charge in [0.25, 0.3) is 5.91 Å². The van der Waals surface area contributed by atoms with Gasteiger partial charge in [-0.2, -0.15) is 0 Å². The average molecular weight is 371 g/mol. The lowest BCUT2D eigenvalue weighted by Gasteiger charge is -2.12. The highest BCUT2D eigenvalue weighted by atomic mass is 79.9. The fraction of sp³-hybridized carbons (Fsp3) is 0.133. The van der Waals surface area contributed by atoms with E-state index < -0.39 is 0 Å². The third kappa shape index (κ3) is 4.46. The van der Waals surface area contributed by atoms with E-state index in [0.717, 1.165) is 4.47 Å². The standard InChI is InChI=1S/C15H13BrClNO3/c16-11-4-2-5-12(7-11)18-14(20)9-21-15-10(8-19)3-1-6-13(15)17/h1-7,19H,8-9H2,(H,18,20). The minimum Gasteiger partial charge on any atom is -0.482 e. The highest BCUT2D eigenvalue weighted by molar-refractivity contribution is 9.10. The number of aliphatic hydroxyl groups is 1. The van der Waals surface area contributed by atoms with Crippen LogP contribution in [0.5, 0.6) is 5.75 Å². The molecule has 4 nitrogen and oxygen atoms in total. The molecule has 0 heterocycles. The van der Waals surface area contributed by atoms with Gasteiger partial charge in [0.1, 0.15) is 5.75 Å². The maximum atomic E-state index is 11.9. The quantitative estimate of drug-likeness (QED) is 0.845. The van der Waals surface area contributed by atoms with Gasteiger partial charge in [-0.05, 0) is 24.3 Å². The molecule has 1 amide bonds. The zero-order valence-electron chi connectivity index (χ0n) is 11.0. The van der Waals surface area contributed by atoms with Crippen molar-refractivity contribution < 1.29 is 14.6 Å². The van der Waals surface area contributed by atoms with E-state index in [0.29, 0.717) is 22.0 Å². The van der Waals surface area contributed by atoms with Gasteiger partial charge < -0.3 is 15.2 Å². The van der Waals surface area contributed by atoms with Gasteiger partial charge in [-0.25, -0.2) is 0 Å². The highest BCUT2D eigenvalue weighted by Crippen LogP contribution is 2.28. The van der Waals surface area contributed by atoms with Crippen LogP contribution in [0.1, 0.15) is 5.56 Å². The van der Waals surface area contributed by atoms with E-state index in [1.165, 1.54) is 0 Å². The van der Waals surface area contributed by atoms with Gasteiger partial charge in [0, 0.05) is 15.7 Å². The lowest BCUT2D eigenvalue weighted by atomic mass is 10.2. The van der Waals surface area contributed by atoms with Crippen LogP contribution in [-0.4, -0.2) is 17.6 Å². The molecule has 0 atom stereocenters. The number of benzene rings is 2. The summed E-state index contributed by atoms with van der Waals surface area (Å²) >= 11 is 9.33. The second-order valence-corrected chi connectivity index (χ2v) is 5.56. The van der Waals surface area contributed by atoms with Crippen LogP contribution >= 0.6 is 27.5 Å². The van der Waals surface area contributed by atoms with Gasteiger partial charge in [-0.1, -0.05) is 45.7 Å². The summed E-state index contributed by atoms with van der Waals surface area (Å²) in [5, 5.41) is 12.3. The molecule has 0 spiro atoms. The maximum Gasteiger partial charge on any atom is 0.262 e. The largest absolute Gasteiger partial charge is 0.482 e. The molecule has 0 aliphatic heterocycles. The first kappa shape index (κ1) is 15.8. The molecule has 21 heavy (non-hydrogen) atoms. The van der Waals surface area contributed by atoms with Crippen molar-refractivity contribution in [3.8, 4) is 5.75 Å². The third-order valence-corrected chi connectivity index (χ3v) is 3.47. The van der Waals surface area contributed by atoms with Gasteiger partial charge in [-0.3, -0.25) is 4.79 Å². The molecule has 0 saturated heterocycles. The lowest BCUT2D eigenvalue weighted by Crippen LogP contribution is -2.20. The van der Waals surface area contributed by atoms with E-state index in [2.05, 4.69) is 21.2 Å². The number of anilines is 1. The Morgan fingerprint density at radius 1 is 1.29 bits per heavy atom. The maximum absolute atomic E-state index is 11.9. The van der Waals surface area contributed by atoms with Crippen LogP contribution in [-0.2, 0) is 11.4 Å². The number of nitrogens with one attached hydrogen (secondary N) is 1. The molecule has 0 aromatic heterocycles. The molecular formula is C15H13BrClNO3. The van der Waals surface area contributed by atoms with Crippen LogP contribution in [0.3, 0.4) is 0 Å². The number of hydrogen-bond acceptors (Lipinski definition) is 3. The molecule has 0 radical (unpaired) electrons. The summed E-state index contributed by atoms with van der Waals surface area (Å²) in [6.07, 6.45) is 0. The monoisotopic (exact) mass is 369 g/mol. The number of halogens is 2. The van der Waals surface area contributed by atoms with Crippen molar-refractivity contribution in [3.63, 3.8) is 0 Å². The number of ether oxygens (including phenoxy) is 1. The Labute approximate surface area is 135 Å². The summed E-state index contributed by atoms with van der Waals surface area (Å²) in [6, 6.07) is 12.3. The summed E-state index contributed by atoms with van der Waals surface area (Å²) in [5.74, 6) is 0.0166. The van der Waals surface area contributed by atoms with Crippen molar-refractivity contribution in [2.75, 3.05) is 11.9 Å². The van der Waals surface area contributed by atoms with Crippen LogP contribution < -0.4 is 10.1 Å². The molecule has 0 bridgehead atoms. The number of amides is 1. The second kappa shape index (κ2) is 7.45. The molecule has 0 saturated carbocycles. The van der Waals surface area contributed by atoms with Crippen molar-refractivity contribution in [2.24, 2.45) is 0 Å². The van der Waals surface area contributed by atoms with Gasteiger partial charge >= 0.3 is 0 Å². The van der Waals surface area contributed by atoms with E-state index in [-0.39, 0.29) is 19.1 Å². The van der Waals surface area contributed by atoms with Crippen LogP contribution in [0.15, 0.2) is 46.9 Å². The fourth-order valence-electron chi connectivity index (χ4n) is 1.74. The number of rotatable bonds is 5. The van der Waals surface area contributed by atoms with Crippen LogP contribution in [0.4, 0.5) is 5.69 Å². The molecule has 6 heteroatoms. The topological polar surface area (TPSA) is 58.6 Å². The average Bonchev–Trinajstić information content (AvgIpc) is 2.45. The molecule has 0 aliphatic rings. The van der Waals surface area contributed by atoms with Crippen molar-refractivity contribution in [3.05, 3.63) is 57.5 Å². The summed E-state index contributed by atoms with van der Waals surface area (Å²) in [5.41, 5.74) is 1.21. The van der Waals surface area contributed by atoms with Crippen molar-refractivity contribution in [2.45, 2.75) is 6.61 Å². The van der Waals surface area contributed by atoms with Gasteiger partial charge in [0.05, 0.1) is 11.6 Å². The molecule has 110 valence electrons. The molecule has 0 fully saturated rings. The molecule has 2 N–H and O–H groups in total. The first-order valence-electron chi connectivity index (χ1n) is 6.16. The van der Waals surface area contributed by atoms with Gasteiger partial charge in [-0.15, -0.1) is 0 Å².